The van der Waals surface area contributed by atoms with Crippen LogP contribution in [0.3, 0.4) is 0 Å². The first-order valence-electron chi connectivity index (χ1n) is 8.96. The monoisotopic (exact) mass is 389 g/mol. The molecule has 0 aromatic heterocycles. The Bertz CT molecular complexity index is 997. The van der Waals surface area contributed by atoms with Crippen LogP contribution in [-0.4, -0.2) is 26.0 Å². The van der Waals surface area contributed by atoms with E-state index in [1.807, 2.05) is 0 Å². The van der Waals surface area contributed by atoms with Crippen LogP contribution in [0.25, 0.3) is 0 Å². The van der Waals surface area contributed by atoms with Gasteiger partial charge in [-0.15, -0.1) is 0 Å². The molecule has 1 aliphatic carbocycles. The fourth-order valence-corrected chi connectivity index (χ4v) is 5.68. The van der Waals surface area contributed by atoms with Crippen molar-refractivity contribution in [1.29, 1.82) is 0 Å². The van der Waals surface area contributed by atoms with Crippen LogP contribution in [0.15, 0.2) is 47.4 Å². The van der Waals surface area contributed by atoms with E-state index in [9.17, 15) is 17.6 Å². The first-order chi connectivity index (χ1) is 12.8. The fraction of sp³-hybridized carbons (Fsp3) is 0.350. The van der Waals surface area contributed by atoms with Crippen molar-refractivity contribution < 1.29 is 22.7 Å². The number of hydrogen-bond acceptors (Lipinski definition) is 3. The van der Waals surface area contributed by atoms with Crippen LogP contribution in [0, 0.1) is 5.82 Å². The fourth-order valence-electron chi connectivity index (χ4n) is 4.12. The van der Waals surface area contributed by atoms with Crippen molar-refractivity contribution in [2.24, 2.45) is 0 Å². The van der Waals surface area contributed by atoms with E-state index in [1.54, 1.807) is 24.3 Å². The number of hydrogen-bond donors (Lipinski definition) is 1. The molecule has 0 atom stereocenters. The highest BCUT2D eigenvalue weighted by Gasteiger charge is 2.51. The zero-order valence-electron chi connectivity index (χ0n) is 14.7. The van der Waals surface area contributed by atoms with Crippen LogP contribution < -0.4 is 4.31 Å². The molecule has 1 fully saturated rings. The molecule has 5 nitrogen and oxygen atoms in total. The zero-order chi connectivity index (χ0) is 19.2. The number of benzene rings is 2. The van der Waals surface area contributed by atoms with Gasteiger partial charge in [-0.1, -0.05) is 24.6 Å². The quantitative estimate of drug-likeness (QED) is 0.850. The van der Waals surface area contributed by atoms with Gasteiger partial charge in [-0.3, -0.25) is 9.10 Å². The molecule has 0 saturated heterocycles. The van der Waals surface area contributed by atoms with Crippen molar-refractivity contribution in [3.05, 3.63) is 59.4 Å². The van der Waals surface area contributed by atoms with E-state index in [1.165, 1.54) is 22.5 Å². The van der Waals surface area contributed by atoms with Gasteiger partial charge in [0.15, 0.2) is 0 Å². The van der Waals surface area contributed by atoms with Gasteiger partial charge in [-0.2, -0.15) is 0 Å². The van der Waals surface area contributed by atoms with Crippen molar-refractivity contribution in [3.8, 4) is 0 Å². The van der Waals surface area contributed by atoms with E-state index in [0.29, 0.717) is 17.7 Å². The molecule has 0 bridgehead atoms. The molecule has 2 aromatic rings. The zero-order valence-corrected chi connectivity index (χ0v) is 15.5. The van der Waals surface area contributed by atoms with Gasteiger partial charge in [0.1, 0.15) is 5.82 Å². The van der Waals surface area contributed by atoms with Gasteiger partial charge in [0, 0.05) is 23.9 Å². The number of fused-ring (bicyclic) bond motifs is 2. The molecule has 0 amide bonds. The summed E-state index contributed by atoms with van der Waals surface area (Å²) in [5, 5.41) is 8.76. The second-order valence-electron chi connectivity index (χ2n) is 7.32. The molecular formula is C20H20FNO4S. The number of carbonyl (C=O) groups is 1. The summed E-state index contributed by atoms with van der Waals surface area (Å²) in [5.41, 5.74) is 1.32. The Kier molecular flexibility index (Phi) is 4.22. The first kappa shape index (κ1) is 18.0. The second-order valence-corrected chi connectivity index (χ2v) is 9.18. The number of aliphatic carboxylic acids is 1. The summed E-state index contributed by atoms with van der Waals surface area (Å²) in [4.78, 5) is 10.8. The van der Waals surface area contributed by atoms with Crippen LogP contribution >= 0.6 is 0 Å². The van der Waals surface area contributed by atoms with Crippen LogP contribution in [0.2, 0.25) is 0 Å². The molecule has 4 rings (SSSR count). The third-order valence-corrected chi connectivity index (χ3v) is 7.46. The van der Waals surface area contributed by atoms with Crippen molar-refractivity contribution >= 4 is 21.7 Å². The number of carboxylic acid groups (broad SMARTS) is 1. The van der Waals surface area contributed by atoms with Gasteiger partial charge >= 0.3 is 5.97 Å². The van der Waals surface area contributed by atoms with Crippen LogP contribution in [0.5, 0.6) is 0 Å². The van der Waals surface area contributed by atoms with Crippen molar-refractivity contribution in [3.63, 3.8) is 0 Å². The third kappa shape index (κ3) is 2.90. The molecule has 142 valence electrons. The highest BCUT2D eigenvalue weighted by Crippen LogP contribution is 2.54. The molecule has 27 heavy (non-hydrogen) atoms. The minimum atomic E-state index is -3.81. The minimum absolute atomic E-state index is 0.00655. The van der Waals surface area contributed by atoms with E-state index in [2.05, 4.69) is 0 Å². The number of halogens is 1. The molecule has 1 spiro atoms. The average molecular weight is 389 g/mol. The van der Waals surface area contributed by atoms with E-state index >= 15 is 0 Å². The SMILES string of the molecule is O=C(O)CCc1ccc(S(=O)(=O)N2CC3(CCC3)c3c(F)cccc32)cc1. The lowest BCUT2D eigenvalue weighted by Crippen LogP contribution is -2.41. The molecule has 0 radical (unpaired) electrons. The Morgan fingerprint density at radius 2 is 1.85 bits per heavy atom. The lowest BCUT2D eigenvalue weighted by Gasteiger charge is -2.39. The molecule has 1 aliphatic heterocycles. The average Bonchev–Trinajstić information content (AvgIpc) is 2.98. The topological polar surface area (TPSA) is 74.7 Å². The summed E-state index contributed by atoms with van der Waals surface area (Å²) in [6.45, 7) is 0.270. The highest BCUT2D eigenvalue weighted by atomic mass is 32.2. The predicted molar refractivity (Wildman–Crippen MR) is 98.9 cm³/mol. The van der Waals surface area contributed by atoms with Gasteiger partial charge < -0.3 is 5.11 Å². The molecule has 1 saturated carbocycles. The van der Waals surface area contributed by atoms with Crippen molar-refractivity contribution in [2.75, 3.05) is 10.8 Å². The molecule has 0 unspecified atom stereocenters. The standard InChI is InChI=1S/C20H20FNO4S/c21-16-3-1-4-17-19(16)20(11-2-12-20)13-22(17)27(25,26)15-8-5-14(6-9-15)7-10-18(23)24/h1,3-6,8-9H,2,7,10-13H2,(H,23,24). The maximum Gasteiger partial charge on any atom is 0.303 e. The molecule has 1 heterocycles. The lowest BCUT2D eigenvalue weighted by atomic mass is 9.65. The lowest BCUT2D eigenvalue weighted by molar-refractivity contribution is -0.136. The van der Waals surface area contributed by atoms with Crippen molar-refractivity contribution in [1.82, 2.24) is 0 Å². The molecular weight excluding hydrogens is 369 g/mol. The predicted octanol–water partition coefficient (Wildman–Crippen LogP) is 3.47. The van der Waals surface area contributed by atoms with Crippen molar-refractivity contribution in [2.45, 2.75) is 42.4 Å². The molecule has 2 aromatic carbocycles. The second kappa shape index (κ2) is 6.34. The summed E-state index contributed by atoms with van der Waals surface area (Å²) in [7, 11) is -3.81. The van der Waals surface area contributed by atoms with Gasteiger partial charge in [0.25, 0.3) is 10.0 Å². The number of anilines is 1. The maximum atomic E-state index is 14.5. The Balaban J connectivity index is 1.67. The van der Waals surface area contributed by atoms with E-state index < -0.39 is 21.4 Å². The number of sulfonamides is 1. The Hall–Kier alpha value is -2.41. The molecule has 7 heteroatoms. The van der Waals surface area contributed by atoms with Crippen LogP contribution in [0.4, 0.5) is 10.1 Å². The van der Waals surface area contributed by atoms with Gasteiger partial charge in [0.2, 0.25) is 0 Å². The number of aryl methyl sites for hydroxylation is 1. The molecule has 1 N–H and O–H groups in total. The normalized spacial score (nSPS) is 17.6. The third-order valence-electron chi connectivity index (χ3n) is 5.69. The maximum absolute atomic E-state index is 14.5. The Morgan fingerprint density at radius 1 is 1.15 bits per heavy atom. The summed E-state index contributed by atoms with van der Waals surface area (Å²) in [6.07, 6.45) is 2.89. The van der Waals surface area contributed by atoms with Crippen LogP contribution in [-0.2, 0) is 26.7 Å². The minimum Gasteiger partial charge on any atom is -0.481 e. The first-order valence-corrected chi connectivity index (χ1v) is 10.4. The van der Waals surface area contributed by atoms with E-state index in [0.717, 1.165) is 24.8 Å². The molecule has 2 aliphatic rings. The number of nitrogens with zero attached hydrogens (tertiary/aromatic N) is 1. The summed E-state index contributed by atoms with van der Waals surface area (Å²) >= 11 is 0. The Morgan fingerprint density at radius 3 is 2.44 bits per heavy atom. The summed E-state index contributed by atoms with van der Waals surface area (Å²) < 4.78 is 42.3. The van der Waals surface area contributed by atoms with E-state index in [-0.39, 0.29) is 23.7 Å². The smallest absolute Gasteiger partial charge is 0.303 e. The Labute approximate surface area is 157 Å². The summed E-state index contributed by atoms with van der Waals surface area (Å²) in [6, 6.07) is 10.9. The van der Waals surface area contributed by atoms with Gasteiger partial charge in [0.05, 0.1) is 10.6 Å². The van der Waals surface area contributed by atoms with Gasteiger partial charge in [-0.25, -0.2) is 12.8 Å². The summed E-state index contributed by atoms with van der Waals surface area (Å²) in [5.74, 6) is -1.23. The number of carboxylic acids is 1. The van der Waals surface area contributed by atoms with Gasteiger partial charge in [-0.05, 0) is 49.1 Å². The van der Waals surface area contributed by atoms with Crippen LogP contribution in [0.1, 0.15) is 36.8 Å². The highest BCUT2D eigenvalue weighted by molar-refractivity contribution is 7.92. The van der Waals surface area contributed by atoms with E-state index in [4.69, 9.17) is 5.11 Å². The number of rotatable bonds is 5. The largest absolute Gasteiger partial charge is 0.481 e.